The van der Waals surface area contributed by atoms with Crippen LogP contribution in [0.5, 0.6) is 5.75 Å². The van der Waals surface area contributed by atoms with Crippen LogP contribution in [0.1, 0.15) is 38.7 Å². The summed E-state index contributed by atoms with van der Waals surface area (Å²) in [5.74, 6) is -2.46. The zero-order chi connectivity index (χ0) is 19.0. The Labute approximate surface area is 146 Å². The van der Waals surface area contributed by atoms with Gasteiger partial charge in [0.25, 0.3) is 10.1 Å². The average Bonchev–Trinajstić information content (AvgIpc) is 2.50. The summed E-state index contributed by atoms with van der Waals surface area (Å²) in [7, 11) is -4.91. The first-order chi connectivity index (χ1) is 11.6. The van der Waals surface area contributed by atoms with Gasteiger partial charge in [-0.2, -0.15) is 8.42 Å². The van der Waals surface area contributed by atoms with E-state index < -0.39 is 40.0 Å². The highest BCUT2D eigenvalue weighted by Crippen LogP contribution is 2.22. The number of carboxylic acids is 1. The van der Waals surface area contributed by atoms with E-state index in [1.165, 1.54) is 6.92 Å². The van der Waals surface area contributed by atoms with Gasteiger partial charge in [-0.3, -0.25) is 14.1 Å². The van der Waals surface area contributed by atoms with Crippen LogP contribution in [0, 0.1) is 0 Å². The molecule has 2 unspecified atom stereocenters. The second-order valence-electron chi connectivity index (χ2n) is 5.44. The van der Waals surface area contributed by atoms with E-state index >= 15 is 0 Å². The Morgan fingerprint density at radius 3 is 2.44 bits per heavy atom. The van der Waals surface area contributed by atoms with Gasteiger partial charge in [-0.15, -0.1) is 0 Å². The molecule has 0 heterocycles. The highest BCUT2D eigenvalue weighted by Gasteiger charge is 2.36. The van der Waals surface area contributed by atoms with Crippen molar-refractivity contribution < 1.29 is 37.1 Å². The lowest BCUT2D eigenvalue weighted by molar-refractivity contribution is -0.162. The van der Waals surface area contributed by atoms with Crippen LogP contribution < -0.4 is 4.74 Å². The molecule has 8 nitrogen and oxygen atoms in total. The molecule has 9 heteroatoms. The van der Waals surface area contributed by atoms with Crippen LogP contribution in [-0.4, -0.2) is 41.6 Å². The van der Waals surface area contributed by atoms with Gasteiger partial charge in [0.05, 0.1) is 6.42 Å². The van der Waals surface area contributed by atoms with Gasteiger partial charge in [0.15, 0.2) is 5.25 Å². The number of esters is 1. The molecule has 0 saturated carbocycles. The number of rotatable bonds is 10. The Bertz CT molecular complexity index is 698. The van der Waals surface area contributed by atoms with Gasteiger partial charge in [0.2, 0.25) is 6.29 Å². The topological polar surface area (TPSA) is 127 Å². The Morgan fingerprint density at radius 2 is 1.88 bits per heavy atom. The van der Waals surface area contributed by atoms with E-state index in [2.05, 4.69) is 0 Å². The molecule has 2 atom stereocenters. The number of hydrogen-bond acceptors (Lipinski definition) is 6. The van der Waals surface area contributed by atoms with Crippen LogP contribution in [0.25, 0.3) is 0 Å². The number of aryl methyl sites for hydroxylation is 1. The van der Waals surface area contributed by atoms with Crippen molar-refractivity contribution in [3.8, 4) is 5.75 Å². The average molecular weight is 374 g/mol. The van der Waals surface area contributed by atoms with Crippen LogP contribution in [0.4, 0.5) is 0 Å². The number of benzene rings is 1. The molecular formula is C16H22O8S. The van der Waals surface area contributed by atoms with E-state index in [-0.39, 0.29) is 0 Å². The molecule has 1 rings (SSSR count). The molecule has 25 heavy (non-hydrogen) atoms. The van der Waals surface area contributed by atoms with Crippen LogP contribution in [0.3, 0.4) is 0 Å². The summed E-state index contributed by atoms with van der Waals surface area (Å²) >= 11 is 0. The van der Waals surface area contributed by atoms with Crippen molar-refractivity contribution in [2.75, 3.05) is 0 Å². The summed E-state index contributed by atoms with van der Waals surface area (Å²) in [5.41, 5.74) is 0.907. The molecule has 0 saturated heterocycles. The number of carboxylic acid groups (broad SMARTS) is 1. The van der Waals surface area contributed by atoms with Crippen molar-refractivity contribution >= 4 is 22.1 Å². The molecular weight excluding hydrogens is 352 g/mol. The lowest BCUT2D eigenvalue weighted by Gasteiger charge is -2.19. The summed E-state index contributed by atoms with van der Waals surface area (Å²) in [5, 5.41) is 6.47. The Morgan fingerprint density at radius 1 is 1.24 bits per heavy atom. The molecule has 1 aromatic carbocycles. The first-order valence-electron chi connectivity index (χ1n) is 7.78. The zero-order valence-electron chi connectivity index (χ0n) is 14.0. The van der Waals surface area contributed by atoms with Crippen LogP contribution in [0.2, 0.25) is 0 Å². The number of para-hydroxylation sites is 1. The standard InChI is InChI=1S/C16H22O8S/c1-3-4-7-12-8-5-6-9-13(12)23-11(2)24-16(19)14(10-15(17)18)25(20,21)22/h5-6,8-9,11,14H,3-4,7,10H2,1-2H3,(H,17,18)(H,20,21,22). The summed E-state index contributed by atoms with van der Waals surface area (Å²) in [4.78, 5) is 22.5. The summed E-state index contributed by atoms with van der Waals surface area (Å²) in [6, 6.07) is 7.14. The van der Waals surface area contributed by atoms with Gasteiger partial charge in [-0.05, 0) is 24.5 Å². The predicted octanol–water partition coefficient (Wildman–Crippen LogP) is 2.03. The number of aliphatic carboxylic acids is 1. The summed E-state index contributed by atoms with van der Waals surface area (Å²) in [6.45, 7) is 3.42. The highest BCUT2D eigenvalue weighted by molar-refractivity contribution is 7.87. The van der Waals surface area contributed by atoms with E-state index in [1.807, 2.05) is 19.1 Å². The maximum absolute atomic E-state index is 11.9. The SMILES string of the molecule is CCCCc1ccccc1OC(C)OC(=O)C(CC(=O)O)S(=O)(=O)O. The second kappa shape index (κ2) is 9.38. The maximum atomic E-state index is 11.9. The number of carbonyl (C=O) groups excluding carboxylic acids is 1. The van der Waals surface area contributed by atoms with Crippen LogP contribution in [0.15, 0.2) is 24.3 Å². The molecule has 0 amide bonds. The van der Waals surface area contributed by atoms with E-state index in [4.69, 9.17) is 19.1 Å². The molecule has 0 aliphatic rings. The van der Waals surface area contributed by atoms with Gasteiger partial charge in [-0.1, -0.05) is 31.5 Å². The van der Waals surface area contributed by atoms with E-state index in [0.29, 0.717) is 5.75 Å². The monoisotopic (exact) mass is 374 g/mol. The molecule has 0 aromatic heterocycles. The molecule has 0 radical (unpaired) electrons. The summed E-state index contributed by atoms with van der Waals surface area (Å²) in [6.07, 6.45) is 0.438. The van der Waals surface area contributed by atoms with Gasteiger partial charge in [0, 0.05) is 6.92 Å². The van der Waals surface area contributed by atoms with E-state index in [9.17, 15) is 18.0 Å². The Kier molecular flexibility index (Phi) is 7.85. The van der Waals surface area contributed by atoms with Crippen LogP contribution in [-0.2, 0) is 30.9 Å². The van der Waals surface area contributed by atoms with Gasteiger partial charge < -0.3 is 14.6 Å². The minimum atomic E-state index is -4.91. The van der Waals surface area contributed by atoms with Crippen molar-refractivity contribution in [2.45, 2.75) is 51.1 Å². The molecule has 0 fully saturated rings. The molecule has 0 aliphatic heterocycles. The van der Waals surface area contributed by atoms with Crippen LogP contribution >= 0.6 is 0 Å². The largest absolute Gasteiger partial charge is 0.481 e. The molecule has 0 bridgehead atoms. The molecule has 0 aliphatic carbocycles. The number of ether oxygens (including phenoxy) is 2. The Hall–Kier alpha value is -2.13. The lowest BCUT2D eigenvalue weighted by Crippen LogP contribution is -2.36. The first-order valence-corrected chi connectivity index (χ1v) is 9.28. The van der Waals surface area contributed by atoms with Gasteiger partial charge >= 0.3 is 11.9 Å². The smallest absolute Gasteiger partial charge is 0.330 e. The van der Waals surface area contributed by atoms with Crippen molar-refractivity contribution in [3.63, 3.8) is 0 Å². The van der Waals surface area contributed by atoms with E-state index in [0.717, 1.165) is 24.8 Å². The normalized spacial score (nSPS) is 13.7. The number of carbonyl (C=O) groups is 2. The number of hydrogen-bond donors (Lipinski definition) is 2. The predicted molar refractivity (Wildman–Crippen MR) is 88.8 cm³/mol. The quantitative estimate of drug-likeness (QED) is 0.362. The Balaban J connectivity index is 2.80. The molecule has 1 aromatic rings. The van der Waals surface area contributed by atoms with Crippen molar-refractivity contribution in [1.29, 1.82) is 0 Å². The van der Waals surface area contributed by atoms with Crippen molar-refractivity contribution in [2.24, 2.45) is 0 Å². The lowest BCUT2D eigenvalue weighted by atomic mass is 10.1. The summed E-state index contributed by atoms with van der Waals surface area (Å²) < 4.78 is 41.7. The zero-order valence-corrected chi connectivity index (χ0v) is 14.9. The minimum Gasteiger partial charge on any atom is -0.481 e. The second-order valence-corrected chi connectivity index (χ2v) is 7.03. The third kappa shape index (κ3) is 7.10. The van der Waals surface area contributed by atoms with Crippen molar-refractivity contribution in [1.82, 2.24) is 0 Å². The van der Waals surface area contributed by atoms with Gasteiger partial charge in [0.1, 0.15) is 5.75 Å². The molecule has 0 spiro atoms. The molecule has 140 valence electrons. The fourth-order valence-corrected chi connectivity index (χ4v) is 2.76. The first kappa shape index (κ1) is 20.9. The van der Waals surface area contributed by atoms with Crippen molar-refractivity contribution in [3.05, 3.63) is 29.8 Å². The fraction of sp³-hybridized carbons (Fsp3) is 0.500. The van der Waals surface area contributed by atoms with E-state index in [1.54, 1.807) is 12.1 Å². The third-order valence-electron chi connectivity index (χ3n) is 3.33. The highest BCUT2D eigenvalue weighted by atomic mass is 32.2. The maximum Gasteiger partial charge on any atom is 0.330 e. The third-order valence-corrected chi connectivity index (χ3v) is 4.41. The molecule has 2 N–H and O–H groups in total. The fourth-order valence-electron chi connectivity index (χ4n) is 2.10. The van der Waals surface area contributed by atoms with Gasteiger partial charge in [-0.25, -0.2) is 0 Å². The number of unbranched alkanes of at least 4 members (excludes halogenated alkanes) is 1. The minimum absolute atomic E-state index is 0.484.